The molecule has 0 amide bonds. The standard InChI is InChI=1S/C17H28N4O.HI/c1-18-16(19-13-15-7-12-22-20-15)21-11-6-10-17(14-21)8-4-2-3-5-9-17;/h7,12H,2-6,8-11,13-14H2,1H3,(H,18,19);1H. The van der Waals surface area contributed by atoms with Gasteiger partial charge in [-0.2, -0.15) is 0 Å². The van der Waals surface area contributed by atoms with Crippen LogP contribution in [-0.4, -0.2) is 36.2 Å². The van der Waals surface area contributed by atoms with E-state index >= 15 is 0 Å². The Morgan fingerprint density at radius 2 is 2.00 bits per heavy atom. The normalized spacial score (nSPS) is 21.6. The molecule has 130 valence electrons. The van der Waals surface area contributed by atoms with E-state index in [1.807, 2.05) is 13.1 Å². The van der Waals surface area contributed by atoms with Crippen LogP contribution in [0.1, 0.15) is 57.1 Å². The first-order chi connectivity index (χ1) is 10.8. The summed E-state index contributed by atoms with van der Waals surface area (Å²) in [5.41, 5.74) is 1.45. The maximum absolute atomic E-state index is 4.89. The van der Waals surface area contributed by atoms with Gasteiger partial charge in [-0.25, -0.2) is 0 Å². The number of rotatable bonds is 2. The number of piperidine rings is 1. The molecule has 6 heteroatoms. The zero-order chi connectivity index (χ0) is 15.3. The molecule has 1 spiro atoms. The summed E-state index contributed by atoms with van der Waals surface area (Å²) in [6.45, 7) is 2.94. The third-order valence-electron chi connectivity index (χ3n) is 5.26. The first-order valence-electron chi connectivity index (χ1n) is 8.66. The Hall–Kier alpha value is -0.790. The van der Waals surface area contributed by atoms with Crippen molar-refractivity contribution < 1.29 is 4.52 Å². The number of halogens is 1. The molecule has 0 bridgehead atoms. The van der Waals surface area contributed by atoms with E-state index in [-0.39, 0.29) is 24.0 Å². The maximum Gasteiger partial charge on any atom is 0.193 e. The molecule has 0 radical (unpaired) electrons. The molecule has 0 aromatic carbocycles. The minimum atomic E-state index is 0. The van der Waals surface area contributed by atoms with Gasteiger partial charge in [0.15, 0.2) is 5.96 Å². The molecule has 0 unspecified atom stereocenters. The van der Waals surface area contributed by atoms with E-state index < -0.39 is 0 Å². The molecule has 2 fully saturated rings. The lowest BCUT2D eigenvalue weighted by molar-refractivity contribution is 0.115. The van der Waals surface area contributed by atoms with Crippen LogP contribution in [0, 0.1) is 5.41 Å². The fourth-order valence-corrected chi connectivity index (χ4v) is 4.11. The highest BCUT2D eigenvalue weighted by atomic mass is 127. The quantitative estimate of drug-likeness (QED) is 0.439. The predicted molar refractivity (Wildman–Crippen MR) is 103 cm³/mol. The molecule has 1 aliphatic carbocycles. The van der Waals surface area contributed by atoms with Crippen LogP contribution in [0.5, 0.6) is 0 Å². The van der Waals surface area contributed by atoms with E-state index in [4.69, 9.17) is 4.52 Å². The second kappa shape index (κ2) is 8.89. The number of hydrogen-bond donors (Lipinski definition) is 1. The molecule has 1 saturated carbocycles. The number of nitrogens with zero attached hydrogens (tertiary/aromatic N) is 3. The number of nitrogens with one attached hydrogen (secondary N) is 1. The number of aliphatic imine (C=N–C) groups is 1. The molecule has 3 rings (SSSR count). The molecule has 2 aliphatic rings. The lowest BCUT2D eigenvalue weighted by atomic mass is 9.74. The second-order valence-corrected chi connectivity index (χ2v) is 6.83. The largest absolute Gasteiger partial charge is 0.364 e. The molecule has 0 atom stereocenters. The third kappa shape index (κ3) is 4.84. The summed E-state index contributed by atoms with van der Waals surface area (Å²) in [4.78, 5) is 6.94. The Morgan fingerprint density at radius 3 is 2.65 bits per heavy atom. The van der Waals surface area contributed by atoms with Crippen molar-refractivity contribution in [3.63, 3.8) is 0 Å². The first kappa shape index (κ1) is 18.5. The van der Waals surface area contributed by atoms with E-state index in [0.29, 0.717) is 12.0 Å². The van der Waals surface area contributed by atoms with E-state index in [1.165, 1.54) is 51.4 Å². The third-order valence-corrected chi connectivity index (χ3v) is 5.26. The van der Waals surface area contributed by atoms with Gasteiger partial charge in [0.05, 0.1) is 6.54 Å². The molecule has 5 nitrogen and oxygen atoms in total. The topological polar surface area (TPSA) is 53.7 Å². The van der Waals surface area contributed by atoms with Crippen molar-refractivity contribution in [1.82, 2.24) is 15.4 Å². The van der Waals surface area contributed by atoms with Gasteiger partial charge in [0.25, 0.3) is 0 Å². The molecule has 1 aromatic rings. The van der Waals surface area contributed by atoms with Gasteiger partial charge in [-0.05, 0) is 31.1 Å². The SMILES string of the molecule is CN=C(NCc1ccon1)N1CCCC2(CCCCCC2)C1.I. The summed E-state index contributed by atoms with van der Waals surface area (Å²) in [6.07, 6.45) is 12.7. The van der Waals surface area contributed by atoms with Crippen LogP contribution in [0.2, 0.25) is 0 Å². The van der Waals surface area contributed by atoms with Gasteiger partial charge in [-0.15, -0.1) is 24.0 Å². The Balaban J connectivity index is 0.00000192. The number of guanidine groups is 1. The highest BCUT2D eigenvalue weighted by molar-refractivity contribution is 14.0. The van der Waals surface area contributed by atoms with E-state index in [9.17, 15) is 0 Å². The Kier molecular flexibility index (Phi) is 7.17. The summed E-state index contributed by atoms with van der Waals surface area (Å²) < 4.78 is 4.89. The van der Waals surface area contributed by atoms with Crippen molar-refractivity contribution in [1.29, 1.82) is 0 Å². The van der Waals surface area contributed by atoms with Gasteiger partial charge < -0.3 is 14.7 Å². The molecule has 2 heterocycles. The lowest BCUT2D eigenvalue weighted by Gasteiger charge is -2.44. The summed E-state index contributed by atoms with van der Waals surface area (Å²) >= 11 is 0. The van der Waals surface area contributed by atoms with Crippen molar-refractivity contribution >= 4 is 29.9 Å². The van der Waals surface area contributed by atoms with Crippen molar-refractivity contribution in [2.45, 2.75) is 57.9 Å². The zero-order valence-electron chi connectivity index (χ0n) is 14.1. The smallest absolute Gasteiger partial charge is 0.193 e. The molecular formula is C17H29IN4O. The molecular weight excluding hydrogens is 403 g/mol. The highest BCUT2D eigenvalue weighted by Crippen LogP contribution is 2.42. The van der Waals surface area contributed by atoms with Gasteiger partial charge >= 0.3 is 0 Å². The molecule has 1 aromatic heterocycles. The Labute approximate surface area is 156 Å². The van der Waals surface area contributed by atoms with Crippen LogP contribution in [-0.2, 0) is 6.54 Å². The first-order valence-corrected chi connectivity index (χ1v) is 8.66. The van der Waals surface area contributed by atoms with Crippen LogP contribution in [0.3, 0.4) is 0 Å². The van der Waals surface area contributed by atoms with Gasteiger partial charge in [0, 0.05) is 26.2 Å². The summed E-state index contributed by atoms with van der Waals surface area (Å²) in [7, 11) is 1.87. The maximum atomic E-state index is 4.89. The van der Waals surface area contributed by atoms with Crippen LogP contribution in [0.4, 0.5) is 0 Å². The minimum Gasteiger partial charge on any atom is -0.364 e. The van der Waals surface area contributed by atoms with Gasteiger partial charge in [0.1, 0.15) is 12.0 Å². The van der Waals surface area contributed by atoms with E-state index in [2.05, 4.69) is 20.4 Å². The van der Waals surface area contributed by atoms with E-state index in [0.717, 1.165) is 24.7 Å². The molecule has 1 N–H and O–H groups in total. The zero-order valence-corrected chi connectivity index (χ0v) is 16.4. The Morgan fingerprint density at radius 1 is 1.26 bits per heavy atom. The second-order valence-electron chi connectivity index (χ2n) is 6.83. The monoisotopic (exact) mass is 432 g/mol. The van der Waals surface area contributed by atoms with Crippen LogP contribution < -0.4 is 5.32 Å². The van der Waals surface area contributed by atoms with Gasteiger partial charge in [-0.1, -0.05) is 30.8 Å². The van der Waals surface area contributed by atoms with Gasteiger partial charge in [-0.3, -0.25) is 4.99 Å². The average Bonchev–Trinajstić information content (AvgIpc) is 2.96. The van der Waals surface area contributed by atoms with Gasteiger partial charge in [0.2, 0.25) is 0 Å². The van der Waals surface area contributed by atoms with E-state index in [1.54, 1.807) is 6.26 Å². The number of likely N-dealkylation sites (tertiary alicyclic amines) is 1. The summed E-state index contributed by atoms with van der Waals surface area (Å²) in [6, 6.07) is 1.89. The van der Waals surface area contributed by atoms with Crippen LogP contribution >= 0.6 is 24.0 Å². The average molecular weight is 432 g/mol. The number of aromatic nitrogens is 1. The lowest BCUT2D eigenvalue weighted by Crippen LogP contribution is -2.50. The molecule has 1 aliphatic heterocycles. The Bertz CT molecular complexity index is 481. The predicted octanol–water partition coefficient (Wildman–Crippen LogP) is 3.80. The fraction of sp³-hybridized carbons (Fsp3) is 0.765. The summed E-state index contributed by atoms with van der Waals surface area (Å²) in [5, 5.41) is 7.38. The summed E-state index contributed by atoms with van der Waals surface area (Å²) in [5.74, 6) is 1.01. The van der Waals surface area contributed by atoms with Crippen LogP contribution in [0.25, 0.3) is 0 Å². The van der Waals surface area contributed by atoms with Crippen LogP contribution in [0.15, 0.2) is 21.8 Å². The van der Waals surface area contributed by atoms with Crippen molar-refractivity contribution in [2.24, 2.45) is 10.4 Å². The van der Waals surface area contributed by atoms with Crippen molar-refractivity contribution in [2.75, 3.05) is 20.1 Å². The van der Waals surface area contributed by atoms with Crippen molar-refractivity contribution in [3.05, 3.63) is 18.0 Å². The van der Waals surface area contributed by atoms with Crippen molar-refractivity contribution in [3.8, 4) is 0 Å². The number of hydrogen-bond acceptors (Lipinski definition) is 3. The molecule has 23 heavy (non-hydrogen) atoms. The fourth-order valence-electron chi connectivity index (χ4n) is 4.11. The highest BCUT2D eigenvalue weighted by Gasteiger charge is 2.36. The minimum absolute atomic E-state index is 0. The molecule has 1 saturated heterocycles.